The molecular formula is C13H19N3O2. The Kier molecular flexibility index (Phi) is 4.52. The summed E-state index contributed by atoms with van der Waals surface area (Å²) in [4.78, 5) is 16.8. The lowest BCUT2D eigenvalue weighted by molar-refractivity contribution is -0.136. The van der Waals surface area contributed by atoms with Crippen molar-refractivity contribution in [2.24, 2.45) is 5.92 Å². The minimum atomic E-state index is -0.795. The van der Waals surface area contributed by atoms with Gasteiger partial charge < -0.3 is 15.3 Å². The number of rotatable bonds is 5. The van der Waals surface area contributed by atoms with Gasteiger partial charge in [0.2, 0.25) is 0 Å². The lowest BCUT2D eigenvalue weighted by Gasteiger charge is -2.34. The van der Waals surface area contributed by atoms with Crippen LogP contribution in [0.15, 0.2) is 24.5 Å². The molecule has 0 spiro atoms. The number of nitrogens with one attached hydrogen (secondary N) is 1. The lowest BCUT2D eigenvalue weighted by Crippen LogP contribution is -2.40. The standard InChI is InChI=1S/C13H19N3O2/c17-13(18)9-15-8-11-2-1-7-16(10-11)12-3-5-14-6-4-12/h3-6,11,15H,1-2,7-10H2,(H,17,18). The number of carboxylic acid groups (broad SMARTS) is 1. The molecule has 0 saturated carbocycles. The number of carboxylic acids is 1. The Labute approximate surface area is 107 Å². The van der Waals surface area contributed by atoms with E-state index in [1.54, 1.807) is 0 Å². The van der Waals surface area contributed by atoms with Crippen molar-refractivity contribution >= 4 is 11.7 Å². The summed E-state index contributed by atoms with van der Waals surface area (Å²) in [5, 5.41) is 11.6. The topological polar surface area (TPSA) is 65.5 Å². The molecule has 1 fully saturated rings. The van der Waals surface area contributed by atoms with E-state index in [1.165, 1.54) is 5.69 Å². The minimum Gasteiger partial charge on any atom is -0.480 e. The van der Waals surface area contributed by atoms with Crippen LogP contribution in [0.1, 0.15) is 12.8 Å². The zero-order valence-corrected chi connectivity index (χ0v) is 10.4. The van der Waals surface area contributed by atoms with Crippen LogP contribution >= 0.6 is 0 Å². The maximum atomic E-state index is 10.4. The molecule has 1 saturated heterocycles. The maximum Gasteiger partial charge on any atom is 0.317 e. The van der Waals surface area contributed by atoms with Gasteiger partial charge in [0.05, 0.1) is 6.54 Å². The second-order valence-electron chi connectivity index (χ2n) is 4.68. The van der Waals surface area contributed by atoms with Crippen molar-refractivity contribution in [3.63, 3.8) is 0 Å². The van der Waals surface area contributed by atoms with Gasteiger partial charge in [-0.25, -0.2) is 0 Å². The number of carbonyl (C=O) groups is 1. The van der Waals surface area contributed by atoms with Gasteiger partial charge in [-0.1, -0.05) is 0 Å². The van der Waals surface area contributed by atoms with Crippen molar-refractivity contribution in [1.82, 2.24) is 10.3 Å². The molecule has 0 bridgehead atoms. The fourth-order valence-electron chi connectivity index (χ4n) is 2.40. The lowest BCUT2D eigenvalue weighted by atomic mass is 9.97. The van der Waals surface area contributed by atoms with Crippen molar-refractivity contribution in [1.29, 1.82) is 0 Å². The van der Waals surface area contributed by atoms with Gasteiger partial charge in [-0.2, -0.15) is 0 Å². The highest BCUT2D eigenvalue weighted by atomic mass is 16.4. The number of aliphatic carboxylic acids is 1. The van der Waals surface area contributed by atoms with Crippen LogP contribution in [0.25, 0.3) is 0 Å². The molecule has 5 nitrogen and oxygen atoms in total. The predicted octanol–water partition coefficient (Wildman–Crippen LogP) is 0.972. The van der Waals surface area contributed by atoms with Gasteiger partial charge in [-0.15, -0.1) is 0 Å². The van der Waals surface area contributed by atoms with Crippen LogP contribution in [0.3, 0.4) is 0 Å². The Balaban J connectivity index is 1.83. The normalized spacial score (nSPS) is 19.8. The van der Waals surface area contributed by atoms with Crippen molar-refractivity contribution in [2.45, 2.75) is 12.8 Å². The van der Waals surface area contributed by atoms with E-state index in [0.717, 1.165) is 32.5 Å². The molecule has 2 rings (SSSR count). The number of piperidine rings is 1. The number of pyridine rings is 1. The van der Waals surface area contributed by atoms with Crippen molar-refractivity contribution in [3.8, 4) is 0 Å². The van der Waals surface area contributed by atoms with E-state index < -0.39 is 5.97 Å². The molecule has 1 aliphatic heterocycles. The zero-order valence-electron chi connectivity index (χ0n) is 10.4. The highest BCUT2D eigenvalue weighted by molar-refractivity contribution is 5.68. The Morgan fingerprint density at radius 3 is 3.00 bits per heavy atom. The summed E-state index contributed by atoms with van der Waals surface area (Å²) in [7, 11) is 0. The van der Waals surface area contributed by atoms with Crippen LogP contribution in [-0.4, -0.2) is 42.2 Å². The monoisotopic (exact) mass is 249 g/mol. The highest BCUT2D eigenvalue weighted by Crippen LogP contribution is 2.21. The number of nitrogens with zero attached hydrogens (tertiary/aromatic N) is 2. The first-order valence-corrected chi connectivity index (χ1v) is 6.33. The maximum absolute atomic E-state index is 10.4. The van der Waals surface area contributed by atoms with E-state index in [0.29, 0.717) is 5.92 Å². The Bertz CT molecular complexity index is 383. The van der Waals surface area contributed by atoms with Crippen LogP contribution in [0, 0.1) is 5.92 Å². The van der Waals surface area contributed by atoms with E-state index in [1.807, 2.05) is 24.5 Å². The third kappa shape index (κ3) is 3.70. The first-order chi connectivity index (χ1) is 8.75. The number of anilines is 1. The largest absolute Gasteiger partial charge is 0.480 e. The highest BCUT2D eigenvalue weighted by Gasteiger charge is 2.19. The SMILES string of the molecule is O=C(O)CNCC1CCCN(c2ccncc2)C1. The molecule has 1 aromatic rings. The van der Waals surface area contributed by atoms with Crippen LogP contribution in [0.2, 0.25) is 0 Å². The molecule has 1 unspecified atom stereocenters. The average molecular weight is 249 g/mol. The zero-order chi connectivity index (χ0) is 12.8. The van der Waals surface area contributed by atoms with Gasteiger partial charge in [0.1, 0.15) is 0 Å². The van der Waals surface area contributed by atoms with Crippen molar-refractivity contribution in [3.05, 3.63) is 24.5 Å². The molecule has 2 heterocycles. The van der Waals surface area contributed by atoms with E-state index in [9.17, 15) is 4.79 Å². The molecule has 0 radical (unpaired) electrons. The molecule has 0 amide bonds. The van der Waals surface area contributed by atoms with Gasteiger partial charge >= 0.3 is 5.97 Å². The molecule has 0 aromatic carbocycles. The number of aromatic nitrogens is 1. The number of hydrogen-bond acceptors (Lipinski definition) is 4. The fraction of sp³-hybridized carbons (Fsp3) is 0.538. The molecule has 0 aliphatic carbocycles. The first-order valence-electron chi connectivity index (χ1n) is 6.33. The van der Waals surface area contributed by atoms with Crippen LogP contribution in [0.4, 0.5) is 5.69 Å². The molecular weight excluding hydrogens is 230 g/mol. The molecule has 1 aromatic heterocycles. The third-order valence-electron chi connectivity index (χ3n) is 3.26. The quantitative estimate of drug-likeness (QED) is 0.814. The van der Waals surface area contributed by atoms with E-state index in [2.05, 4.69) is 15.2 Å². The van der Waals surface area contributed by atoms with Crippen molar-refractivity contribution < 1.29 is 9.90 Å². The summed E-state index contributed by atoms with van der Waals surface area (Å²) in [6.07, 6.45) is 5.93. The van der Waals surface area contributed by atoms with Crippen LogP contribution < -0.4 is 10.2 Å². The summed E-state index contributed by atoms with van der Waals surface area (Å²) >= 11 is 0. The van der Waals surface area contributed by atoms with E-state index in [4.69, 9.17) is 5.11 Å². The summed E-state index contributed by atoms with van der Waals surface area (Å²) in [5.41, 5.74) is 1.20. The second-order valence-corrected chi connectivity index (χ2v) is 4.68. The smallest absolute Gasteiger partial charge is 0.317 e. The summed E-state index contributed by atoms with van der Waals surface area (Å²) in [6.45, 7) is 2.87. The van der Waals surface area contributed by atoms with Crippen molar-refractivity contribution in [2.75, 3.05) is 31.1 Å². The average Bonchev–Trinajstić information content (AvgIpc) is 2.40. The Morgan fingerprint density at radius 1 is 1.50 bits per heavy atom. The fourth-order valence-corrected chi connectivity index (χ4v) is 2.40. The minimum absolute atomic E-state index is 0.0474. The number of hydrogen-bond donors (Lipinski definition) is 2. The van der Waals surface area contributed by atoms with Gasteiger partial charge in [0.25, 0.3) is 0 Å². The van der Waals surface area contributed by atoms with E-state index >= 15 is 0 Å². The molecule has 1 aliphatic rings. The Hall–Kier alpha value is -1.62. The molecule has 1 atom stereocenters. The van der Waals surface area contributed by atoms with E-state index in [-0.39, 0.29) is 6.54 Å². The summed E-state index contributed by atoms with van der Waals surface area (Å²) in [5.74, 6) is -0.275. The molecule has 98 valence electrons. The third-order valence-corrected chi connectivity index (χ3v) is 3.26. The first kappa shape index (κ1) is 12.8. The van der Waals surface area contributed by atoms with Crippen LogP contribution in [0.5, 0.6) is 0 Å². The molecule has 2 N–H and O–H groups in total. The van der Waals surface area contributed by atoms with Gasteiger partial charge in [-0.05, 0) is 30.9 Å². The Morgan fingerprint density at radius 2 is 2.28 bits per heavy atom. The second kappa shape index (κ2) is 6.35. The van der Waals surface area contributed by atoms with Crippen LogP contribution in [-0.2, 0) is 4.79 Å². The predicted molar refractivity (Wildman–Crippen MR) is 69.7 cm³/mol. The molecule has 18 heavy (non-hydrogen) atoms. The van der Waals surface area contributed by atoms with Gasteiger partial charge in [0.15, 0.2) is 0 Å². The molecule has 5 heteroatoms. The summed E-state index contributed by atoms with van der Waals surface area (Å²) < 4.78 is 0. The summed E-state index contributed by atoms with van der Waals surface area (Å²) in [6, 6.07) is 4.04. The van der Waals surface area contributed by atoms with Gasteiger partial charge in [-0.3, -0.25) is 9.78 Å². The van der Waals surface area contributed by atoms with Gasteiger partial charge in [0, 0.05) is 37.7 Å².